The molecule has 0 radical (unpaired) electrons. The van der Waals surface area contributed by atoms with Crippen molar-refractivity contribution in [3.05, 3.63) is 0 Å². The molecule has 2 amide bonds. The van der Waals surface area contributed by atoms with E-state index in [0.29, 0.717) is 6.54 Å². The highest BCUT2D eigenvalue weighted by Gasteiger charge is 2.28. The van der Waals surface area contributed by atoms with Gasteiger partial charge in [-0.25, -0.2) is 4.79 Å². The molecule has 5 N–H and O–H groups in total. The van der Waals surface area contributed by atoms with Crippen LogP contribution in [-0.4, -0.2) is 53.8 Å². The molecule has 0 spiro atoms. The Labute approximate surface area is 80.6 Å². The second-order valence-corrected chi connectivity index (χ2v) is 3.06. The Morgan fingerprint density at radius 2 is 2.36 bits per heavy atom. The average molecular weight is 203 g/mol. The molecule has 0 aromatic heterocycles. The summed E-state index contributed by atoms with van der Waals surface area (Å²) < 4.78 is 4.63. The van der Waals surface area contributed by atoms with Gasteiger partial charge in [-0.1, -0.05) is 0 Å². The number of aliphatic hydroxyl groups is 1. The van der Waals surface area contributed by atoms with Crippen LogP contribution in [-0.2, 0) is 9.53 Å². The lowest BCUT2D eigenvalue weighted by molar-refractivity contribution is -0.121. The minimum absolute atomic E-state index is 0.0388. The highest BCUT2D eigenvalue weighted by atomic mass is 16.6. The summed E-state index contributed by atoms with van der Waals surface area (Å²) in [7, 11) is 0. The first-order valence-electron chi connectivity index (χ1n) is 4.17. The van der Waals surface area contributed by atoms with Crippen molar-refractivity contribution in [2.45, 2.75) is 12.1 Å². The molecule has 1 heterocycles. The molecule has 0 aromatic rings. The van der Waals surface area contributed by atoms with Gasteiger partial charge in [0.2, 0.25) is 5.91 Å². The summed E-state index contributed by atoms with van der Waals surface area (Å²) in [5, 5.41) is 9.39. The second kappa shape index (κ2) is 4.25. The van der Waals surface area contributed by atoms with Crippen LogP contribution in [0.2, 0.25) is 0 Å². The van der Waals surface area contributed by atoms with Crippen molar-refractivity contribution in [2.75, 3.05) is 19.7 Å². The van der Waals surface area contributed by atoms with E-state index in [1.54, 1.807) is 0 Å². The van der Waals surface area contributed by atoms with Crippen LogP contribution in [0.3, 0.4) is 0 Å². The third-order valence-corrected chi connectivity index (χ3v) is 2.00. The van der Waals surface area contributed by atoms with Gasteiger partial charge < -0.3 is 26.2 Å². The number of nitrogens with zero attached hydrogens (tertiary/aromatic N) is 1. The Morgan fingerprint density at radius 1 is 1.71 bits per heavy atom. The smallest absolute Gasteiger partial charge is 0.410 e. The topological polar surface area (TPSA) is 119 Å². The van der Waals surface area contributed by atoms with Crippen LogP contribution < -0.4 is 11.5 Å². The lowest BCUT2D eigenvalue weighted by Gasteiger charge is -2.20. The van der Waals surface area contributed by atoms with E-state index in [-0.39, 0.29) is 13.2 Å². The predicted molar refractivity (Wildman–Crippen MR) is 46.1 cm³/mol. The summed E-state index contributed by atoms with van der Waals surface area (Å²) >= 11 is 0. The van der Waals surface area contributed by atoms with Gasteiger partial charge in [-0.2, -0.15) is 0 Å². The maximum Gasteiger partial charge on any atom is 0.410 e. The number of aliphatic hydroxyl groups excluding tert-OH is 1. The van der Waals surface area contributed by atoms with Crippen molar-refractivity contribution in [3.8, 4) is 0 Å². The largest absolute Gasteiger partial charge is 0.448 e. The normalized spacial score (nSPS) is 20.4. The summed E-state index contributed by atoms with van der Waals surface area (Å²) in [5.41, 5.74) is 10.2. The fourth-order valence-corrected chi connectivity index (χ4v) is 1.12. The SMILES string of the molecule is NC(=O)[C@@H](N)[C@@H](O)CN1CCOC1=O. The number of carbonyl (C=O) groups is 2. The highest BCUT2D eigenvalue weighted by molar-refractivity contribution is 5.80. The van der Waals surface area contributed by atoms with Gasteiger partial charge in [-0.15, -0.1) is 0 Å². The second-order valence-electron chi connectivity index (χ2n) is 3.06. The van der Waals surface area contributed by atoms with E-state index in [9.17, 15) is 14.7 Å². The van der Waals surface area contributed by atoms with Crippen LogP contribution in [0.4, 0.5) is 4.79 Å². The monoisotopic (exact) mass is 203 g/mol. The summed E-state index contributed by atoms with van der Waals surface area (Å²) in [5.74, 6) is -0.801. The first-order chi connectivity index (χ1) is 6.52. The minimum atomic E-state index is -1.16. The van der Waals surface area contributed by atoms with Gasteiger partial charge in [-0.3, -0.25) is 4.79 Å². The van der Waals surface area contributed by atoms with E-state index in [0.717, 1.165) is 0 Å². The third kappa shape index (κ3) is 2.33. The first-order valence-corrected chi connectivity index (χ1v) is 4.17. The Hall–Kier alpha value is -1.34. The van der Waals surface area contributed by atoms with Crippen molar-refractivity contribution in [2.24, 2.45) is 11.5 Å². The molecule has 0 aliphatic carbocycles. The molecule has 0 unspecified atom stereocenters. The zero-order valence-electron chi connectivity index (χ0n) is 7.55. The summed E-state index contributed by atoms with van der Waals surface area (Å²) in [6.45, 7) is 0.641. The van der Waals surface area contributed by atoms with Gasteiger partial charge in [0.05, 0.1) is 19.2 Å². The molecule has 1 aliphatic heterocycles. The lowest BCUT2D eigenvalue weighted by atomic mass is 10.1. The zero-order chi connectivity index (χ0) is 10.7. The quantitative estimate of drug-likeness (QED) is 0.471. The molecule has 7 nitrogen and oxygen atoms in total. The third-order valence-electron chi connectivity index (χ3n) is 2.00. The van der Waals surface area contributed by atoms with Crippen LogP contribution in [0.1, 0.15) is 0 Å². The van der Waals surface area contributed by atoms with Gasteiger partial charge in [0, 0.05) is 0 Å². The molecule has 7 heteroatoms. The van der Waals surface area contributed by atoms with Crippen LogP contribution in [0.25, 0.3) is 0 Å². The summed E-state index contributed by atoms with van der Waals surface area (Å²) in [6.07, 6.45) is -1.67. The fraction of sp³-hybridized carbons (Fsp3) is 0.714. The molecular weight excluding hydrogens is 190 g/mol. The molecule has 0 aromatic carbocycles. The highest BCUT2D eigenvalue weighted by Crippen LogP contribution is 2.05. The number of hydrogen-bond donors (Lipinski definition) is 3. The van der Waals surface area contributed by atoms with Crippen LogP contribution in [0.15, 0.2) is 0 Å². The number of hydrogen-bond acceptors (Lipinski definition) is 5. The molecule has 2 atom stereocenters. The van der Waals surface area contributed by atoms with Crippen LogP contribution in [0.5, 0.6) is 0 Å². The van der Waals surface area contributed by atoms with E-state index in [4.69, 9.17) is 11.5 Å². The Balaban J connectivity index is 2.43. The van der Waals surface area contributed by atoms with Crippen molar-refractivity contribution in [1.82, 2.24) is 4.90 Å². The fourth-order valence-electron chi connectivity index (χ4n) is 1.12. The van der Waals surface area contributed by atoms with Crippen molar-refractivity contribution < 1.29 is 19.4 Å². The number of β-amino-alcohol motifs (C(OH)–C–C–N with tert-alkyl or cyclic N) is 1. The Morgan fingerprint density at radius 3 is 2.79 bits per heavy atom. The molecule has 0 saturated carbocycles. The number of primary amides is 1. The maximum absolute atomic E-state index is 10.9. The minimum Gasteiger partial charge on any atom is -0.448 e. The van der Waals surface area contributed by atoms with Crippen LogP contribution in [0, 0.1) is 0 Å². The van der Waals surface area contributed by atoms with E-state index in [2.05, 4.69) is 4.74 Å². The number of rotatable bonds is 4. The molecular formula is C7H13N3O4. The number of ether oxygens (including phenoxy) is 1. The molecule has 0 bridgehead atoms. The van der Waals surface area contributed by atoms with Crippen molar-refractivity contribution in [1.29, 1.82) is 0 Å². The molecule has 1 saturated heterocycles. The molecule has 1 fully saturated rings. The number of carbonyl (C=O) groups excluding carboxylic acids is 2. The van der Waals surface area contributed by atoms with Crippen LogP contribution >= 0.6 is 0 Å². The van der Waals surface area contributed by atoms with E-state index >= 15 is 0 Å². The first kappa shape index (κ1) is 10.7. The van der Waals surface area contributed by atoms with Gasteiger partial charge in [0.25, 0.3) is 0 Å². The van der Waals surface area contributed by atoms with Gasteiger partial charge >= 0.3 is 6.09 Å². The van der Waals surface area contributed by atoms with E-state index < -0.39 is 24.1 Å². The molecule has 14 heavy (non-hydrogen) atoms. The number of cyclic esters (lactones) is 1. The zero-order valence-corrected chi connectivity index (χ0v) is 7.55. The van der Waals surface area contributed by atoms with Gasteiger partial charge in [0.15, 0.2) is 0 Å². The predicted octanol–water partition coefficient (Wildman–Crippen LogP) is -2.39. The number of nitrogens with two attached hydrogens (primary N) is 2. The van der Waals surface area contributed by atoms with Crippen molar-refractivity contribution >= 4 is 12.0 Å². The molecule has 80 valence electrons. The Bertz CT molecular complexity index is 245. The van der Waals surface area contributed by atoms with E-state index in [1.807, 2.05) is 0 Å². The summed E-state index contributed by atoms with van der Waals surface area (Å²) in [6, 6.07) is -1.16. The Kier molecular flexibility index (Phi) is 3.26. The molecule has 1 aliphatic rings. The molecule has 1 rings (SSSR count). The maximum atomic E-state index is 10.9. The van der Waals surface area contributed by atoms with Gasteiger partial charge in [0.1, 0.15) is 12.6 Å². The standard InChI is InChI=1S/C7H13N3O4/c8-5(6(9)12)4(11)3-10-1-2-14-7(10)13/h4-5,11H,1-3,8H2,(H2,9,12)/t4-,5-/m0/s1. The van der Waals surface area contributed by atoms with Crippen molar-refractivity contribution in [3.63, 3.8) is 0 Å². The van der Waals surface area contributed by atoms with Gasteiger partial charge in [-0.05, 0) is 0 Å². The van der Waals surface area contributed by atoms with E-state index in [1.165, 1.54) is 4.90 Å². The average Bonchev–Trinajstić information content (AvgIpc) is 2.50. The lowest BCUT2D eigenvalue weighted by Crippen LogP contribution is -2.50. The number of amides is 2. The summed E-state index contributed by atoms with van der Waals surface area (Å²) in [4.78, 5) is 22.8.